The van der Waals surface area contributed by atoms with Gasteiger partial charge in [-0.3, -0.25) is 4.79 Å². The Morgan fingerprint density at radius 1 is 1.24 bits per heavy atom. The van der Waals surface area contributed by atoms with Crippen molar-refractivity contribution in [2.24, 2.45) is 0 Å². The molecular formula is C16H19N3O3S3. The molecule has 0 fully saturated rings. The van der Waals surface area contributed by atoms with Crippen molar-refractivity contribution < 1.29 is 14.3 Å². The van der Waals surface area contributed by atoms with E-state index in [1.54, 1.807) is 36.0 Å². The van der Waals surface area contributed by atoms with E-state index in [1.165, 1.54) is 30.2 Å². The Kier molecular flexibility index (Phi) is 8.23. The van der Waals surface area contributed by atoms with Crippen LogP contribution in [0.2, 0.25) is 0 Å². The predicted molar refractivity (Wildman–Crippen MR) is 103 cm³/mol. The van der Waals surface area contributed by atoms with Crippen molar-refractivity contribution in [1.82, 2.24) is 10.2 Å². The topological polar surface area (TPSA) is 81.2 Å². The first-order chi connectivity index (χ1) is 12.1. The Morgan fingerprint density at radius 2 is 2.00 bits per heavy atom. The third-order valence-electron chi connectivity index (χ3n) is 3.01. The minimum absolute atomic E-state index is 0.164. The number of hydrogen-bond donors (Lipinski definition) is 1. The molecule has 0 bridgehead atoms. The molecule has 1 amide bonds. The number of ether oxygens (including phenoxy) is 1. The fourth-order valence-corrected chi connectivity index (χ4v) is 4.76. The summed E-state index contributed by atoms with van der Waals surface area (Å²) >= 11 is 4.55. The second-order valence-corrected chi connectivity index (χ2v) is 8.49. The molecule has 0 radical (unpaired) electrons. The number of benzene rings is 1. The van der Waals surface area contributed by atoms with E-state index in [0.29, 0.717) is 11.3 Å². The number of carbonyl (C=O) groups excluding carboxylic acids is 2. The predicted octanol–water partition coefficient (Wildman–Crippen LogP) is 3.95. The summed E-state index contributed by atoms with van der Waals surface area (Å²) in [4.78, 5) is 23.6. The second-order valence-electron chi connectivity index (χ2n) is 4.95. The van der Waals surface area contributed by atoms with Gasteiger partial charge in [-0.2, -0.15) is 0 Å². The number of nitrogens with zero attached hydrogens (tertiary/aromatic N) is 2. The number of amides is 1. The van der Waals surface area contributed by atoms with Crippen LogP contribution in [0.4, 0.5) is 5.69 Å². The van der Waals surface area contributed by atoms with Gasteiger partial charge in [0, 0.05) is 11.4 Å². The maximum absolute atomic E-state index is 12.1. The van der Waals surface area contributed by atoms with Gasteiger partial charge >= 0.3 is 5.97 Å². The Balaban J connectivity index is 1.82. The molecule has 0 aliphatic carbocycles. The van der Waals surface area contributed by atoms with Crippen molar-refractivity contribution in [1.29, 1.82) is 0 Å². The fourth-order valence-electron chi connectivity index (χ4n) is 1.78. The number of esters is 1. The van der Waals surface area contributed by atoms with Crippen LogP contribution in [-0.2, 0) is 9.53 Å². The highest BCUT2D eigenvalue weighted by atomic mass is 32.2. The van der Waals surface area contributed by atoms with Gasteiger partial charge in [0.1, 0.15) is 0 Å². The Labute approximate surface area is 159 Å². The van der Waals surface area contributed by atoms with Gasteiger partial charge in [-0.15, -0.1) is 10.2 Å². The van der Waals surface area contributed by atoms with E-state index in [4.69, 9.17) is 0 Å². The van der Waals surface area contributed by atoms with Crippen molar-refractivity contribution in [3.63, 3.8) is 0 Å². The molecule has 1 aromatic heterocycles. The number of nitrogens with one attached hydrogen (secondary N) is 1. The van der Waals surface area contributed by atoms with Crippen LogP contribution in [0.25, 0.3) is 0 Å². The first-order valence-electron chi connectivity index (χ1n) is 7.69. The van der Waals surface area contributed by atoms with E-state index in [1.807, 2.05) is 0 Å². The zero-order valence-corrected chi connectivity index (χ0v) is 16.4. The fraction of sp³-hybridized carbons (Fsp3) is 0.375. The molecule has 0 spiro atoms. The van der Waals surface area contributed by atoms with Crippen LogP contribution < -0.4 is 5.32 Å². The molecule has 9 heteroatoms. The molecule has 6 nitrogen and oxygen atoms in total. The summed E-state index contributed by atoms with van der Waals surface area (Å²) < 4.78 is 6.38. The van der Waals surface area contributed by atoms with Gasteiger partial charge in [0.25, 0.3) is 0 Å². The van der Waals surface area contributed by atoms with E-state index < -0.39 is 5.97 Å². The Bertz CT molecular complexity index is 721. The second kappa shape index (κ2) is 10.4. The van der Waals surface area contributed by atoms with E-state index in [2.05, 4.69) is 27.2 Å². The first kappa shape index (κ1) is 19.7. The standard InChI is InChI=1S/C16H19N3O3S3/c1-3-4-8-23-15-18-19-16(25-15)24-10-13(20)17-12-7-5-6-11(9-12)14(21)22-2/h5-7,9H,3-4,8,10H2,1-2H3,(H,17,20). The molecule has 25 heavy (non-hydrogen) atoms. The molecule has 1 aromatic carbocycles. The normalized spacial score (nSPS) is 10.5. The van der Waals surface area contributed by atoms with Crippen LogP contribution >= 0.6 is 34.9 Å². The summed E-state index contributed by atoms with van der Waals surface area (Å²) in [6.45, 7) is 2.15. The van der Waals surface area contributed by atoms with Crippen molar-refractivity contribution in [3.05, 3.63) is 29.8 Å². The molecule has 0 saturated carbocycles. The minimum atomic E-state index is -0.438. The SMILES string of the molecule is CCCCSc1nnc(SCC(=O)Nc2cccc(C(=O)OC)c2)s1. The summed E-state index contributed by atoms with van der Waals surface area (Å²) in [5, 5.41) is 11.0. The van der Waals surface area contributed by atoms with Crippen molar-refractivity contribution in [3.8, 4) is 0 Å². The van der Waals surface area contributed by atoms with Crippen LogP contribution in [0.1, 0.15) is 30.1 Å². The zero-order valence-electron chi connectivity index (χ0n) is 14.0. The van der Waals surface area contributed by atoms with Crippen LogP contribution in [0.15, 0.2) is 32.9 Å². The molecule has 0 aliphatic heterocycles. The summed E-state index contributed by atoms with van der Waals surface area (Å²) in [5.74, 6) is 0.665. The van der Waals surface area contributed by atoms with Gasteiger partial charge in [0.05, 0.1) is 18.4 Å². The first-order valence-corrected chi connectivity index (χ1v) is 10.5. The largest absolute Gasteiger partial charge is 0.465 e. The molecular weight excluding hydrogens is 378 g/mol. The average molecular weight is 398 g/mol. The van der Waals surface area contributed by atoms with Crippen molar-refractivity contribution in [2.45, 2.75) is 28.4 Å². The van der Waals surface area contributed by atoms with E-state index in [-0.39, 0.29) is 11.7 Å². The summed E-state index contributed by atoms with van der Waals surface area (Å²) in [5.41, 5.74) is 0.951. The average Bonchev–Trinajstić information content (AvgIpc) is 3.07. The van der Waals surface area contributed by atoms with Gasteiger partial charge < -0.3 is 10.1 Å². The molecule has 2 rings (SSSR count). The van der Waals surface area contributed by atoms with Crippen LogP contribution in [0.5, 0.6) is 0 Å². The third-order valence-corrected chi connectivity index (χ3v) is 6.28. The van der Waals surface area contributed by atoms with Gasteiger partial charge in [-0.05, 0) is 24.6 Å². The lowest BCUT2D eigenvalue weighted by Gasteiger charge is -2.06. The maximum atomic E-state index is 12.1. The monoisotopic (exact) mass is 397 g/mol. The molecule has 134 valence electrons. The highest BCUT2D eigenvalue weighted by molar-refractivity contribution is 8.03. The van der Waals surface area contributed by atoms with Crippen LogP contribution in [-0.4, -0.2) is 40.7 Å². The third kappa shape index (κ3) is 6.68. The number of methoxy groups -OCH3 is 1. The Hall–Kier alpha value is -1.58. The molecule has 0 saturated heterocycles. The van der Waals surface area contributed by atoms with Crippen LogP contribution in [0, 0.1) is 0 Å². The van der Waals surface area contributed by atoms with Gasteiger partial charge in [0.15, 0.2) is 8.68 Å². The van der Waals surface area contributed by atoms with Crippen molar-refractivity contribution >= 4 is 52.4 Å². The highest BCUT2D eigenvalue weighted by Gasteiger charge is 2.10. The number of hydrogen-bond acceptors (Lipinski definition) is 8. The molecule has 0 atom stereocenters. The number of carbonyl (C=O) groups is 2. The summed E-state index contributed by atoms with van der Waals surface area (Å²) in [7, 11) is 1.32. The van der Waals surface area contributed by atoms with Crippen molar-refractivity contribution in [2.75, 3.05) is 23.9 Å². The molecule has 1 heterocycles. The summed E-state index contributed by atoms with van der Waals surface area (Å²) in [6, 6.07) is 6.64. The minimum Gasteiger partial charge on any atom is -0.465 e. The molecule has 0 unspecified atom stereocenters. The molecule has 1 N–H and O–H groups in total. The summed E-state index contributed by atoms with van der Waals surface area (Å²) in [6.07, 6.45) is 2.31. The van der Waals surface area contributed by atoms with E-state index in [9.17, 15) is 9.59 Å². The molecule has 2 aromatic rings. The van der Waals surface area contributed by atoms with Gasteiger partial charge in [0.2, 0.25) is 5.91 Å². The van der Waals surface area contributed by atoms with Gasteiger partial charge in [-0.1, -0.05) is 54.3 Å². The number of unbranched alkanes of at least 4 members (excludes halogenated alkanes) is 1. The number of aromatic nitrogens is 2. The molecule has 0 aliphatic rings. The lowest BCUT2D eigenvalue weighted by molar-refractivity contribution is -0.113. The van der Waals surface area contributed by atoms with E-state index >= 15 is 0 Å². The highest BCUT2D eigenvalue weighted by Crippen LogP contribution is 2.29. The quantitative estimate of drug-likeness (QED) is 0.390. The smallest absolute Gasteiger partial charge is 0.337 e. The van der Waals surface area contributed by atoms with Gasteiger partial charge in [-0.25, -0.2) is 4.79 Å². The lowest BCUT2D eigenvalue weighted by atomic mass is 10.2. The zero-order chi connectivity index (χ0) is 18.1. The number of thioether (sulfide) groups is 2. The van der Waals surface area contributed by atoms with E-state index in [0.717, 1.165) is 27.3 Å². The Morgan fingerprint density at radius 3 is 2.72 bits per heavy atom. The number of anilines is 1. The maximum Gasteiger partial charge on any atom is 0.337 e. The lowest BCUT2D eigenvalue weighted by Crippen LogP contribution is -2.14. The number of rotatable bonds is 9. The van der Waals surface area contributed by atoms with Crippen LogP contribution in [0.3, 0.4) is 0 Å².